The van der Waals surface area contributed by atoms with Crippen molar-refractivity contribution in [3.63, 3.8) is 0 Å². The van der Waals surface area contributed by atoms with Crippen LogP contribution in [0.25, 0.3) is 0 Å². The average Bonchev–Trinajstić information content (AvgIpc) is 3.14. The lowest BCUT2D eigenvalue weighted by Crippen LogP contribution is -2.26. The van der Waals surface area contributed by atoms with Gasteiger partial charge < -0.3 is 10.1 Å². The zero-order valence-electron chi connectivity index (χ0n) is 10.3. The fraction of sp³-hybridized carbons (Fsp3) is 0.462. The van der Waals surface area contributed by atoms with Gasteiger partial charge in [-0.05, 0) is 31.9 Å². The summed E-state index contributed by atoms with van der Waals surface area (Å²) in [6.07, 6.45) is 3.10. The van der Waals surface area contributed by atoms with Gasteiger partial charge in [-0.3, -0.25) is 9.59 Å². The Morgan fingerprint density at radius 3 is 3.00 bits per heavy atom. The highest BCUT2D eigenvalue weighted by atomic mass is 16.5. The van der Waals surface area contributed by atoms with Crippen molar-refractivity contribution in [1.82, 2.24) is 10.3 Å². The molecule has 2 rings (SSSR count). The third-order valence-electron chi connectivity index (χ3n) is 2.67. The van der Waals surface area contributed by atoms with Crippen LogP contribution >= 0.6 is 0 Å². The van der Waals surface area contributed by atoms with Gasteiger partial charge in [-0.1, -0.05) is 0 Å². The van der Waals surface area contributed by atoms with E-state index in [2.05, 4.69) is 10.3 Å². The molecule has 1 saturated carbocycles. The number of aldehydes is 1. The molecule has 0 aliphatic heterocycles. The van der Waals surface area contributed by atoms with Crippen LogP contribution in [-0.4, -0.2) is 29.8 Å². The minimum absolute atomic E-state index is 0.00905. The Balaban J connectivity index is 1.81. The van der Waals surface area contributed by atoms with Crippen LogP contribution in [0.3, 0.4) is 0 Å². The molecule has 96 valence electrons. The molecular weight excluding hydrogens is 232 g/mol. The monoisotopic (exact) mass is 248 g/mol. The van der Waals surface area contributed by atoms with Crippen molar-refractivity contribution < 1.29 is 14.3 Å². The third-order valence-corrected chi connectivity index (χ3v) is 2.67. The highest BCUT2D eigenvalue weighted by molar-refractivity contribution is 5.77. The lowest BCUT2D eigenvalue weighted by atomic mass is 10.3. The molecule has 1 N–H and O–H groups in total. The number of nitrogens with zero attached hydrogens (tertiary/aromatic N) is 1. The normalized spacial score (nSPS) is 14.1. The number of carbonyl (C=O) groups excluding carboxylic acids is 2. The Bertz CT molecular complexity index is 456. The SMILES string of the molecule is Cc1ccc(OCCC(=O)NC2CC2)c(C=O)n1. The quantitative estimate of drug-likeness (QED) is 0.769. The molecule has 0 saturated heterocycles. The molecular formula is C13H16N2O3. The van der Waals surface area contributed by atoms with E-state index >= 15 is 0 Å². The number of hydrogen-bond acceptors (Lipinski definition) is 4. The molecule has 5 nitrogen and oxygen atoms in total. The topological polar surface area (TPSA) is 68.3 Å². The Kier molecular flexibility index (Phi) is 3.92. The van der Waals surface area contributed by atoms with Gasteiger partial charge in [-0.15, -0.1) is 0 Å². The second kappa shape index (κ2) is 5.62. The molecule has 18 heavy (non-hydrogen) atoms. The molecule has 1 aromatic rings. The number of carbonyl (C=O) groups is 2. The van der Waals surface area contributed by atoms with E-state index in [9.17, 15) is 9.59 Å². The van der Waals surface area contributed by atoms with Gasteiger partial charge in [0.05, 0.1) is 13.0 Å². The zero-order chi connectivity index (χ0) is 13.0. The van der Waals surface area contributed by atoms with Gasteiger partial charge in [-0.2, -0.15) is 0 Å². The first-order chi connectivity index (χ1) is 8.69. The molecule has 0 spiro atoms. The van der Waals surface area contributed by atoms with Gasteiger partial charge >= 0.3 is 0 Å². The Labute approximate surface area is 106 Å². The second-order valence-corrected chi connectivity index (χ2v) is 4.39. The molecule has 0 aromatic carbocycles. The van der Waals surface area contributed by atoms with E-state index in [1.54, 1.807) is 19.1 Å². The van der Waals surface area contributed by atoms with Crippen LogP contribution in [0.1, 0.15) is 35.4 Å². The highest BCUT2D eigenvalue weighted by Gasteiger charge is 2.22. The van der Waals surface area contributed by atoms with Crippen LogP contribution in [0, 0.1) is 6.92 Å². The van der Waals surface area contributed by atoms with E-state index in [1.807, 2.05) is 0 Å². The summed E-state index contributed by atoms with van der Waals surface area (Å²) in [5.41, 5.74) is 1.04. The van der Waals surface area contributed by atoms with E-state index in [-0.39, 0.29) is 18.2 Å². The number of rotatable bonds is 6. The summed E-state index contributed by atoms with van der Waals surface area (Å²) in [6.45, 7) is 2.06. The van der Waals surface area contributed by atoms with Crippen molar-refractivity contribution >= 4 is 12.2 Å². The average molecular weight is 248 g/mol. The molecule has 1 amide bonds. The van der Waals surface area contributed by atoms with Crippen LogP contribution in [0.15, 0.2) is 12.1 Å². The number of hydrogen-bond donors (Lipinski definition) is 1. The number of aromatic nitrogens is 1. The molecule has 0 bridgehead atoms. The van der Waals surface area contributed by atoms with Gasteiger partial charge in [0.1, 0.15) is 11.4 Å². The lowest BCUT2D eigenvalue weighted by molar-refractivity contribution is -0.121. The number of aryl methyl sites for hydroxylation is 1. The van der Waals surface area contributed by atoms with Crippen molar-refractivity contribution in [3.8, 4) is 5.75 Å². The predicted octanol–water partition coefficient (Wildman–Crippen LogP) is 1.25. The van der Waals surface area contributed by atoms with Crippen LogP contribution in [0.4, 0.5) is 0 Å². The van der Waals surface area contributed by atoms with Crippen LogP contribution in [0.2, 0.25) is 0 Å². The summed E-state index contributed by atoms with van der Waals surface area (Å²) in [6, 6.07) is 3.83. The Morgan fingerprint density at radius 1 is 1.56 bits per heavy atom. The first-order valence-electron chi connectivity index (χ1n) is 6.04. The molecule has 1 fully saturated rings. The van der Waals surface area contributed by atoms with Gasteiger partial charge in [0.15, 0.2) is 6.29 Å². The van der Waals surface area contributed by atoms with Crippen molar-refractivity contribution in [3.05, 3.63) is 23.5 Å². The lowest BCUT2D eigenvalue weighted by Gasteiger charge is -2.08. The van der Waals surface area contributed by atoms with Gasteiger partial charge in [0.2, 0.25) is 5.91 Å². The maximum Gasteiger partial charge on any atom is 0.223 e. The summed E-state index contributed by atoms with van der Waals surface area (Å²) in [5, 5.41) is 2.87. The van der Waals surface area contributed by atoms with E-state index in [0.29, 0.717) is 24.5 Å². The van der Waals surface area contributed by atoms with Crippen LogP contribution in [0.5, 0.6) is 5.75 Å². The molecule has 0 unspecified atom stereocenters. The van der Waals surface area contributed by atoms with Gasteiger partial charge in [-0.25, -0.2) is 4.98 Å². The summed E-state index contributed by atoms with van der Waals surface area (Å²) in [4.78, 5) is 26.3. The van der Waals surface area contributed by atoms with Gasteiger partial charge in [0, 0.05) is 11.7 Å². The first kappa shape index (κ1) is 12.5. The molecule has 5 heteroatoms. The fourth-order valence-corrected chi connectivity index (χ4v) is 1.55. The highest BCUT2D eigenvalue weighted by Crippen LogP contribution is 2.19. The number of pyridine rings is 1. The Hall–Kier alpha value is -1.91. The summed E-state index contributed by atoms with van der Waals surface area (Å²) in [7, 11) is 0. The number of ether oxygens (including phenoxy) is 1. The van der Waals surface area contributed by atoms with E-state index in [1.165, 1.54) is 0 Å². The predicted molar refractivity (Wildman–Crippen MR) is 65.6 cm³/mol. The minimum atomic E-state index is -0.00905. The number of nitrogens with one attached hydrogen (secondary N) is 1. The molecule has 1 aliphatic rings. The molecule has 0 radical (unpaired) electrons. The maximum absolute atomic E-state index is 11.4. The fourth-order valence-electron chi connectivity index (χ4n) is 1.55. The van der Waals surface area contributed by atoms with Crippen LogP contribution in [-0.2, 0) is 4.79 Å². The first-order valence-corrected chi connectivity index (χ1v) is 6.04. The maximum atomic E-state index is 11.4. The molecule has 1 aromatic heterocycles. The summed E-state index contributed by atoms with van der Waals surface area (Å²) < 4.78 is 5.40. The largest absolute Gasteiger partial charge is 0.491 e. The van der Waals surface area contributed by atoms with Crippen molar-refractivity contribution in [1.29, 1.82) is 0 Å². The standard InChI is InChI=1S/C13H16N2O3/c1-9-2-5-12(11(8-16)14-9)18-7-6-13(17)15-10-3-4-10/h2,5,8,10H,3-4,6-7H2,1H3,(H,15,17). The molecule has 0 atom stereocenters. The van der Waals surface area contributed by atoms with Crippen molar-refractivity contribution in [2.75, 3.05) is 6.61 Å². The zero-order valence-corrected chi connectivity index (χ0v) is 10.3. The van der Waals surface area contributed by atoms with E-state index < -0.39 is 0 Å². The Morgan fingerprint density at radius 2 is 2.33 bits per heavy atom. The number of amides is 1. The van der Waals surface area contributed by atoms with Crippen LogP contribution < -0.4 is 10.1 Å². The van der Waals surface area contributed by atoms with Gasteiger partial charge in [0.25, 0.3) is 0 Å². The molecule has 1 heterocycles. The van der Waals surface area contributed by atoms with E-state index in [4.69, 9.17) is 4.74 Å². The van der Waals surface area contributed by atoms with Crippen molar-refractivity contribution in [2.45, 2.75) is 32.2 Å². The molecule has 1 aliphatic carbocycles. The minimum Gasteiger partial charge on any atom is -0.491 e. The second-order valence-electron chi connectivity index (χ2n) is 4.39. The third kappa shape index (κ3) is 3.55. The van der Waals surface area contributed by atoms with Crippen molar-refractivity contribution in [2.24, 2.45) is 0 Å². The smallest absolute Gasteiger partial charge is 0.223 e. The summed E-state index contributed by atoms with van der Waals surface area (Å²) >= 11 is 0. The summed E-state index contributed by atoms with van der Waals surface area (Å²) in [5.74, 6) is 0.417. The van der Waals surface area contributed by atoms with E-state index in [0.717, 1.165) is 18.5 Å².